The van der Waals surface area contributed by atoms with Crippen molar-refractivity contribution in [1.82, 2.24) is 5.32 Å². The smallest absolute Gasteiger partial charge is 0.223 e. The molecule has 0 aromatic heterocycles. The zero-order valence-electron chi connectivity index (χ0n) is 10.7. The fraction of sp³-hybridized carbons (Fsp3) is 0.500. The van der Waals surface area contributed by atoms with Crippen molar-refractivity contribution in [3.05, 3.63) is 29.8 Å². The van der Waals surface area contributed by atoms with E-state index in [4.69, 9.17) is 10.5 Å². The number of nitrogens with one attached hydrogen (secondary N) is 1. The molecule has 1 aliphatic carbocycles. The van der Waals surface area contributed by atoms with E-state index in [1.165, 1.54) is 0 Å². The van der Waals surface area contributed by atoms with Gasteiger partial charge in [0.25, 0.3) is 0 Å². The minimum absolute atomic E-state index is 0.114. The number of amides is 1. The van der Waals surface area contributed by atoms with Gasteiger partial charge < -0.3 is 15.8 Å². The van der Waals surface area contributed by atoms with Gasteiger partial charge in [-0.3, -0.25) is 4.79 Å². The van der Waals surface area contributed by atoms with E-state index in [-0.39, 0.29) is 17.9 Å². The number of carbonyl (C=O) groups excluding carboxylic acids is 1. The lowest BCUT2D eigenvalue weighted by Crippen LogP contribution is -2.44. The lowest BCUT2D eigenvalue weighted by Gasteiger charge is -2.31. The topological polar surface area (TPSA) is 64.3 Å². The molecule has 4 heteroatoms. The molecule has 0 unspecified atom stereocenters. The van der Waals surface area contributed by atoms with E-state index in [0.717, 1.165) is 24.2 Å². The monoisotopic (exact) mass is 248 g/mol. The molecular weight excluding hydrogens is 228 g/mol. The van der Waals surface area contributed by atoms with Crippen LogP contribution in [0.25, 0.3) is 0 Å². The maximum atomic E-state index is 11.7. The first-order chi connectivity index (χ1) is 8.69. The first kappa shape index (κ1) is 12.9. The van der Waals surface area contributed by atoms with Crippen LogP contribution in [-0.4, -0.2) is 18.6 Å². The standard InChI is InChI=1S/C14H20N2O2/c1-2-18-13-5-3-10(4-6-13)9-16-14(17)11-7-12(15)8-11/h3-6,11-12H,2,7-9,15H2,1H3,(H,16,17). The average Bonchev–Trinajstić information content (AvgIpc) is 2.34. The second-order valence-electron chi connectivity index (χ2n) is 4.72. The molecule has 1 aromatic rings. The summed E-state index contributed by atoms with van der Waals surface area (Å²) >= 11 is 0. The van der Waals surface area contributed by atoms with Gasteiger partial charge in [0.15, 0.2) is 0 Å². The number of carbonyl (C=O) groups is 1. The lowest BCUT2D eigenvalue weighted by atomic mass is 9.80. The SMILES string of the molecule is CCOc1ccc(CNC(=O)C2CC(N)C2)cc1. The van der Waals surface area contributed by atoms with Crippen LogP contribution < -0.4 is 15.8 Å². The van der Waals surface area contributed by atoms with Crippen LogP contribution in [-0.2, 0) is 11.3 Å². The number of rotatable bonds is 5. The van der Waals surface area contributed by atoms with Gasteiger partial charge in [-0.15, -0.1) is 0 Å². The fourth-order valence-corrected chi connectivity index (χ4v) is 2.08. The highest BCUT2D eigenvalue weighted by atomic mass is 16.5. The molecule has 0 spiro atoms. The normalized spacial score (nSPS) is 22.1. The molecule has 98 valence electrons. The Hall–Kier alpha value is -1.55. The molecule has 3 N–H and O–H groups in total. The molecule has 1 aromatic carbocycles. The van der Waals surface area contributed by atoms with E-state index in [1.807, 2.05) is 31.2 Å². The number of benzene rings is 1. The molecule has 0 heterocycles. The highest BCUT2D eigenvalue weighted by Gasteiger charge is 2.31. The van der Waals surface area contributed by atoms with E-state index in [1.54, 1.807) is 0 Å². The molecule has 2 rings (SSSR count). The summed E-state index contributed by atoms with van der Waals surface area (Å²) in [7, 11) is 0. The third-order valence-electron chi connectivity index (χ3n) is 3.25. The lowest BCUT2D eigenvalue weighted by molar-refractivity contribution is -0.128. The predicted octanol–water partition coefficient (Wildman–Crippen LogP) is 1.44. The van der Waals surface area contributed by atoms with Gasteiger partial charge >= 0.3 is 0 Å². The first-order valence-electron chi connectivity index (χ1n) is 6.44. The van der Waals surface area contributed by atoms with Crippen molar-refractivity contribution >= 4 is 5.91 Å². The minimum atomic E-state index is 0.114. The van der Waals surface area contributed by atoms with Crippen LogP contribution in [0.1, 0.15) is 25.3 Å². The molecule has 0 bridgehead atoms. The molecule has 18 heavy (non-hydrogen) atoms. The summed E-state index contributed by atoms with van der Waals surface area (Å²) < 4.78 is 5.36. The van der Waals surface area contributed by atoms with Gasteiger partial charge in [-0.1, -0.05) is 12.1 Å². The zero-order valence-corrected chi connectivity index (χ0v) is 10.7. The molecule has 0 atom stereocenters. The van der Waals surface area contributed by atoms with Crippen molar-refractivity contribution in [2.75, 3.05) is 6.61 Å². The Morgan fingerprint density at radius 3 is 2.61 bits per heavy atom. The maximum absolute atomic E-state index is 11.7. The van der Waals surface area contributed by atoms with Gasteiger partial charge in [-0.25, -0.2) is 0 Å². The van der Waals surface area contributed by atoms with Crippen LogP contribution in [0, 0.1) is 5.92 Å². The predicted molar refractivity (Wildman–Crippen MR) is 70.2 cm³/mol. The van der Waals surface area contributed by atoms with Crippen molar-refractivity contribution in [1.29, 1.82) is 0 Å². The van der Waals surface area contributed by atoms with Crippen LogP contribution >= 0.6 is 0 Å². The van der Waals surface area contributed by atoms with Crippen molar-refractivity contribution < 1.29 is 9.53 Å². The zero-order chi connectivity index (χ0) is 13.0. The third kappa shape index (κ3) is 3.23. The third-order valence-corrected chi connectivity index (χ3v) is 3.25. The van der Waals surface area contributed by atoms with Crippen molar-refractivity contribution in [3.63, 3.8) is 0 Å². The molecule has 0 aliphatic heterocycles. The van der Waals surface area contributed by atoms with E-state index in [2.05, 4.69) is 5.32 Å². The van der Waals surface area contributed by atoms with Gasteiger partial charge in [0.1, 0.15) is 5.75 Å². The average molecular weight is 248 g/mol. The highest BCUT2D eigenvalue weighted by molar-refractivity contribution is 5.79. The summed E-state index contributed by atoms with van der Waals surface area (Å²) in [6.45, 7) is 3.19. The summed E-state index contributed by atoms with van der Waals surface area (Å²) in [5, 5.41) is 2.94. The molecule has 0 radical (unpaired) electrons. The first-order valence-corrected chi connectivity index (χ1v) is 6.44. The Balaban J connectivity index is 1.77. The van der Waals surface area contributed by atoms with Gasteiger partial charge in [-0.05, 0) is 37.5 Å². The summed E-state index contributed by atoms with van der Waals surface area (Å²) in [6, 6.07) is 8.00. The molecule has 0 saturated heterocycles. The molecule has 1 fully saturated rings. The molecule has 1 amide bonds. The Bertz CT molecular complexity index is 397. The molecule has 4 nitrogen and oxygen atoms in total. The number of hydrogen-bond acceptors (Lipinski definition) is 3. The summed E-state index contributed by atoms with van der Waals surface area (Å²) in [5.41, 5.74) is 6.74. The Morgan fingerprint density at radius 2 is 2.06 bits per heavy atom. The van der Waals surface area contributed by atoms with Gasteiger partial charge in [-0.2, -0.15) is 0 Å². The summed E-state index contributed by atoms with van der Waals surface area (Å²) in [5.74, 6) is 1.09. The van der Waals surface area contributed by atoms with Crippen LogP contribution in [0.5, 0.6) is 5.75 Å². The number of ether oxygens (including phenoxy) is 1. The summed E-state index contributed by atoms with van der Waals surface area (Å²) in [4.78, 5) is 11.7. The largest absolute Gasteiger partial charge is 0.494 e. The quantitative estimate of drug-likeness (QED) is 0.828. The highest BCUT2D eigenvalue weighted by Crippen LogP contribution is 2.25. The molecule has 1 aliphatic rings. The van der Waals surface area contributed by atoms with Gasteiger partial charge in [0.05, 0.1) is 6.61 Å². The van der Waals surface area contributed by atoms with Crippen molar-refractivity contribution in [3.8, 4) is 5.75 Å². The number of nitrogens with two attached hydrogens (primary N) is 1. The summed E-state index contributed by atoms with van der Waals surface area (Å²) in [6.07, 6.45) is 1.63. The second-order valence-corrected chi connectivity index (χ2v) is 4.72. The van der Waals surface area contributed by atoms with E-state index in [0.29, 0.717) is 13.2 Å². The minimum Gasteiger partial charge on any atom is -0.494 e. The van der Waals surface area contributed by atoms with Gasteiger partial charge in [0, 0.05) is 18.5 Å². The van der Waals surface area contributed by atoms with Crippen LogP contribution in [0.2, 0.25) is 0 Å². The van der Waals surface area contributed by atoms with Crippen LogP contribution in [0.15, 0.2) is 24.3 Å². The molecule has 1 saturated carbocycles. The van der Waals surface area contributed by atoms with E-state index >= 15 is 0 Å². The molecular formula is C14H20N2O2. The maximum Gasteiger partial charge on any atom is 0.223 e. The number of hydrogen-bond donors (Lipinski definition) is 2. The second kappa shape index (κ2) is 5.87. The van der Waals surface area contributed by atoms with Crippen molar-refractivity contribution in [2.45, 2.75) is 32.4 Å². The fourth-order valence-electron chi connectivity index (χ4n) is 2.08. The van der Waals surface area contributed by atoms with E-state index in [9.17, 15) is 4.79 Å². The van der Waals surface area contributed by atoms with E-state index < -0.39 is 0 Å². The Kier molecular flexibility index (Phi) is 4.20. The Morgan fingerprint density at radius 1 is 1.39 bits per heavy atom. The van der Waals surface area contributed by atoms with Gasteiger partial charge in [0.2, 0.25) is 5.91 Å². The van der Waals surface area contributed by atoms with Crippen LogP contribution in [0.3, 0.4) is 0 Å². The Labute approximate surface area is 108 Å². The van der Waals surface area contributed by atoms with Crippen molar-refractivity contribution in [2.24, 2.45) is 11.7 Å². The van der Waals surface area contributed by atoms with Crippen LogP contribution in [0.4, 0.5) is 0 Å².